The lowest BCUT2D eigenvalue weighted by Crippen LogP contribution is -2.60. The van der Waals surface area contributed by atoms with Gasteiger partial charge in [0.1, 0.15) is 30.1 Å². The van der Waals surface area contributed by atoms with Crippen LogP contribution in [0.5, 0.6) is 0 Å². The Hall–Kier alpha value is -1.36. The van der Waals surface area contributed by atoms with Crippen LogP contribution < -0.4 is 0 Å². The summed E-state index contributed by atoms with van der Waals surface area (Å²) in [4.78, 5) is 0. The molecule has 2 N–H and O–H groups in total. The van der Waals surface area contributed by atoms with E-state index in [1.54, 1.807) is 16.0 Å². The lowest BCUT2D eigenvalue weighted by molar-refractivity contribution is -0.316. The van der Waals surface area contributed by atoms with Crippen LogP contribution in [0, 0.1) is 0 Å². The molecular formula is C18H27N3O5S. The molecule has 1 fully saturated rings. The van der Waals surface area contributed by atoms with Crippen LogP contribution in [0.25, 0.3) is 11.3 Å². The summed E-state index contributed by atoms with van der Waals surface area (Å²) >= 11 is 1.59. The van der Waals surface area contributed by atoms with Gasteiger partial charge in [-0.05, 0) is 39.1 Å². The first kappa shape index (κ1) is 20.4. The zero-order valence-corrected chi connectivity index (χ0v) is 16.7. The van der Waals surface area contributed by atoms with Crippen molar-refractivity contribution in [3.63, 3.8) is 0 Å². The molecule has 3 unspecified atom stereocenters. The molecule has 0 bridgehead atoms. The quantitative estimate of drug-likeness (QED) is 0.733. The zero-order chi connectivity index (χ0) is 19.6. The smallest absolute Gasteiger partial charge is 0.186 e. The van der Waals surface area contributed by atoms with E-state index < -0.39 is 30.7 Å². The molecule has 0 saturated carbocycles. The second kappa shape index (κ2) is 8.76. The summed E-state index contributed by atoms with van der Waals surface area (Å²) in [5.74, 6) is 0. The van der Waals surface area contributed by atoms with Gasteiger partial charge in [-0.3, -0.25) is 0 Å². The summed E-state index contributed by atoms with van der Waals surface area (Å²) in [6, 6.07) is 1.98. The van der Waals surface area contributed by atoms with Gasteiger partial charge in [0.2, 0.25) is 0 Å². The van der Waals surface area contributed by atoms with Crippen molar-refractivity contribution in [1.82, 2.24) is 15.0 Å². The van der Waals surface area contributed by atoms with E-state index in [9.17, 15) is 10.2 Å². The maximum atomic E-state index is 10.6. The third kappa shape index (κ3) is 4.92. The molecule has 0 radical (unpaired) electrons. The molecule has 0 amide bonds. The third-order valence-corrected chi connectivity index (χ3v) is 4.88. The van der Waals surface area contributed by atoms with E-state index in [-0.39, 0.29) is 12.2 Å². The summed E-state index contributed by atoms with van der Waals surface area (Å²) < 4.78 is 19.1. The molecule has 1 aliphatic rings. The molecule has 0 spiro atoms. The maximum absolute atomic E-state index is 10.6. The standard InChI is InChI=1S/C18H27N3O5S/c1-10(2)24-17-14(26-18(25-11(3)4)16(23)15(17)22)8-21-7-13(19-20-21)12-5-6-27-9-12/h5-7,9-11,14-18,22-23H,8H2,1-4H3/t14?,15?,16?,17-,18-/m1/s1. The minimum absolute atomic E-state index is 0.136. The number of aliphatic hydroxyl groups excluding tert-OH is 2. The summed E-state index contributed by atoms with van der Waals surface area (Å²) in [5, 5.41) is 33.3. The Morgan fingerprint density at radius 3 is 2.56 bits per heavy atom. The number of nitrogens with zero attached hydrogens (tertiary/aromatic N) is 3. The van der Waals surface area contributed by atoms with Gasteiger partial charge >= 0.3 is 0 Å². The highest BCUT2D eigenvalue weighted by atomic mass is 32.1. The van der Waals surface area contributed by atoms with E-state index in [0.29, 0.717) is 6.54 Å². The van der Waals surface area contributed by atoms with E-state index in [4.69, 9.17) is 14.2 Å². The van der Waals surface area contributed by atoms with Gasteiger partial charge < -0.3 is 24.4 Å². The Bertz CT molecular complexity index is 706. The molecule has 3 rings (SSSR count). The van der Waals surface area contributed by atoms with E-state index in [0.717, 1.165) is 11.3 Å². The topological polar surface area (TPSA) is 98.9 Å². The lowest BCUT2D eigenvalue weighted by atomic mass is 9.98. The Labute approximate surface area is 162 Å². The predicted octanol–water partition coefficient (Wildman–Crippen LogP) is 1.67. The van der Waals surface area contributed by atoms with Gasteiger partial charge in [0, 0.05) is 10.9 Å². The van der Waals surface area contributed by atoms with E-state index in [1.807, 2.05) is 50.7 Å². The Balaban J connectivity index is 1.78. The van der Waals surface area contributed by atoms with Gasteiger partial charge in [-0.15, -0.1) is 5.10 Å². The van der Waals surface area contributed by atoms with Gasteiger partial charge in [-0.25, -0.2) is 4.68 Å². The molecule has 9 heteroatoms. The second-order valence-electron chi connectivity index (χ2n) is 7.20. The average Bonchev–Trinajstić information content (AvgIpc) is 3.26. The van der Waals surface area contributed by atoms with Crippen molar-refractivity contribution in [3.8, 4) is 11.3 Å². The highest BCUT2D eigenvalue weighted by molar-refractivity contribution is 7.08. The second-order valence-corrected chi connectivity index (χ2v) is 7.98. The first-order valence-electron chi connectivity index (χ1n) is 9.10. The van der Waals surface area contributed by atoms with Crippen molar-refractivity contribution in [2.24, 2.45) is 0 Å². The normalized spacial score (nSPS) is 29.0. The SMILES string of the molecule is CC(C)O[C@@H]1OC(Cn2cc(-c3ccsc3)nn2)[C@@H](OC(C)C)C(O)C1O. The Morgan fingerprint density at radius 2 is 1.93 bits per heavy atom. The molecule has 3 heterocycles. The average molecular weight is 397 g/mol. The zero-order valence-electron chi connectivity index (χ0n) is 15.9. The molecule has 1 aliphatic heterocycles. The minimum Gasteiger partial charge on any atom is -0.387 e. The largest absolute Gasteiger partial charge is 0.387 e. The maximum Gasteiger partial charge on any atom is 0.186 e. The highest BCUT2D eigenvalue weighted by Gasteiger charge is 2.46. The number of hydrogen-bond acceptors (Lipinski definition) is 8. The number of aliphatic hydroxyl groups is 2. The van der Waals surface area contributed by atoms with Crippen molar-refractivity contribution in [2.75, 3.05) is 0 Å². The van der Waals surface area contributed by atoms with Gasteiger partial charge in [0.05, 0.1) is 24.9 Å². The fourth-order valence-electron chi connectivity index (χ4n) is 3.03. The number of rotatable bonds is 7. The number of ether oxygens (including phenoxy) is 3. The van der Waals surface area contributed by atoms with Gasteiger partial charge in [0.15, 0.2) is 6.29 Å². The van der Waals surface area contributed by atoms with Crippen LogP contribution in [-0.2, 0) is 20.8 Å². The van der Waals surface area contributed by atoms with Crippen LogP contribution in [0.3, 0.4) is 0 Å². The van der Waals surface area contributed by atoms with Crippen LogP contribution in [0.15, 0.2) is 23.0 Å². The molecule has 5 atom stereocenters. The van der Waals surface area contributed by atoms with E-state index in [1.165, 1.54) is 0 Å². The molecular weight excluding hydrogens is 370 g/mol. The van der Waals surface area contributed by atoms with Crippen molar-refractivity contribution < 1.29 is 24.4 Å². The summed E-state index contributed by atoms with van der Waals surface area (Å²) in [7, 11) is 0. The van der Waals surface area contributed by atoms with Crippen molar-refractivity contribution in [1.29, 1.82) is 0 Å². The van der Waals surface area contributed by atoms with Crippen LogP contribution in [-0.4, -0.2) is 68.1 Å². The molecule has 8 nitrogen and oxygen atoms in total. The fourth-order valence-corrected chi connectivity index (χ4v) is 3.68. The molecule has 2 aromatic heterocycles. The number of hydrogen-bond donors (Lipinski definition) is 2. The van der Waals surface area contributed by atoms with E-state index in [2.05, 4.69) is 10.3 Å². The predicted molar refractivity (Wildman–Crippen MR) is 100 cm³/mol. The van der Waals surface area contributed by atoms with Crippen molar-refractivity contribution >= 4 is 11.3 Å². The first-order chi connectivity index (χ1) is 12.8. The summed E-state index contributed by atoms with van der Waals surface area (Å²) in [6.07, 6.45) is -2.98. The van der Waals surface area contributed by atoms with Crippen LogP contribution in [0.2, 0.25) is 0 Å². The van der Waals surface area contributed by atoms with Gasteiger partial charge in [0.25, 0.3) is 0 Å². The molecule has 150 valence electrons. The van der Waals surface area contributed by atoms with Crippen molar-refractivity contribution in [3.05, 3.63) is 23.0 Å². The van der Waals surface area contributed by atoms with Gasteiger partial charge in [-0.2, -0.15) is 11.3 Å². The number of aromatic nitrogens is 3. The molecule has 1 saturated heterocycles. The van der Waals surface area contributed by atoms with Crippen molar-refractivity contribution in [2.45, 2.75) is 77.2 Å². The lowest BCUT2D eigenvalue weighted by Gasteiger charge is -2.43. The molecule has 27 heavy (non-hydrogen) atoms. The highest BCUT2D eigenvalue weighted by Crippen LogP contribution is 2.27. The van der Waals surface area contributed by atoms with Crippen LogP contribution in [0.4, 0.5) is 0 Å². The first-order valence-corrected chi connectivity index (χ1v) is 10.0. The number of thiophene rings is 1. The van der Waals surface area contributed by atoms with E-state index >= 15 is 0 Å². The Morgan fingerprint density at radius 1 is 1.19 bits per heavy atom. The monoisotopic (exact) mass is 397 g/mol. The van der Waals surface area contributed by atoms with Gasteiger partial charge in [-0.1, -0.05) is 5.21 Å². The molecule has 0 aliphatic carbocycles. The molecule has 2 aromatic rings. The van der Waals surface area contributed by atoms with Crippen LogP contribution >= 0.6 is 11.3 Å². The minimum atomic E-state index is -1.19. The molecule has 0 aromatic carbocycles. The fraction of sp³-hybridized carbons (Fsp3) is 0.667. The Kier molecular flexibility index (Phi) is 6.61. The summed E-state index contributed by atoms with van der Waals surface area (Å²) in [6.45, 7) is 7.75. The van der Waals surface area contributed by atoms with Crippen LogP contribution in [0.1, 0.15) is 27.7 Å². The summed E-state index contributed by atoms with van der Waals surface area (Å²) in [5.41, 5.74) is 1.77. The third-order valence-electron chi connectivity index (χ3n) is 4.20.